The predicted octanol–water partition coefficient (Wildman–Crippen LogP) is 2.57. The summed E-state index contributed by atoms with van der Waals surface area (Å²) in [7, 11) is -1.84. The minimum absolute atomic E-state index is 0.00504. The molecule has 0 amide bonds. The minimum Gasteiger partial charge on any atom is -0.415 e. The number of aromatic nitrogens is 3. The number of nitrogens with zero attached hydrogens (tertiary/aromatic N) is 6. The number of benzene rings is 1. The van der Waals surface area contributed by atoms with Gasteiger partial charge in [0, 0.05) is 32.4 Å². The lowest BCUT2D eigenvalue weighted by atomic mass is 10.2. The molecular weight excluding hydrogens is 442 g/mol. The van der Waals surface area contributed by atoms with E-state index in [9.17, 15) is 17.2 Å². The Bertz CT molecular complexity index is 1130. The summed E-state index contributed by atoms with van der Waals surface area (Å²) in [6, 6.07) is 12.0. The van der Waals surface area contributed by atoms with E-state index >= 15 is 0 Å². The van der Waals surface area contributed by atoms with Crippen molar-refractivity contribution in [1.82, 2.24) is 24.4 Å². The molecule has 1 aliphatic heterocycles. The van der Waals surface area contributed by atoms with E-state index in [2.05, 4.69) is 20.1 Å². The molecule has 1 aliphatic rings. The van der Waals surface area contributed by atoms with Gasteiger partial charge in [0.05, 0.1) is 23.5 Å². The van der Waals surface area contributed by atoms with Crippen LogP contribution in [0.15, 0.2) is 53.1 Å². The van der Waals surface area contributed by atoms with Crippen LogP contribution in [0.3, 0.4) is 0 Å². The number of para-hydroxylation sites is 1. The molecule has 1 fully saturated rings. The number of rotatable bonds is 7. The third-order valence-corrected chi connectivity index (χ3v) is 7.03. The number of halogens is 2. The maximum atomic E-state index is 13.5. The Balaban J connectivity index is 1.58. The highest BCUT2D eigenvalue weighted by atomic mass is 32.2. The van der Waals surface area contributed by atoms with Gasteiger partial charge >= 0.3 is 16.6 Å². The Labute approximate surface area is 184 Å². The fourth-order valence-corrected chi connectivity index (χ4v) is 4.88. The lowest BCUT2D eigenvalue weighted by Gasteiger charge is -2.36. The van der Waals surface area contributed by atoms with E-state index < -0.39 is 22.5 Å². The first-order valence-corrected chi connectivity index (χ1v) is 11.3. The lowest BCUT2D eigenvalue weighted by molar-refractivity contribution is 0.116. The number of piperazine rings is 1. The van der Waals surface area contributed by atoms with Gasteiger partial charge in [-0.1, -0.05) is 18.2 Å². The Morgan fingerprint density at radius 1 is 1.06 bits per heavy atom. The Morgan fingerprint density at radius 3 is 2.38 bits per heavy atom. The Hall–Kier alpha value is -2.96. The van der Waals surface area contributed by atoms with Gasteiger partial charge in [0.15, 0.2) is 0 Å². The monoisotopic (exact) mass is 464 g/mol. The average molecular weight is 464 g/mol. The van der Waals surface area contributed by atoms with Crippen LogP contribution < -0.4 is 4.31 Å². The quantitative estimate of drug-likeness (QED) is 0.530. The Kier molecular flexibility index (Phi) is 6.44. The van der Waals surface area contributed by atoms with Crippen molar-refractivity contribution in [3.63, 3.8) is 0 Å². The molecule has 3 heterocycles. The summed E-state index contributed by atoms with van der Waals surface area (Å²) in [5.41, 5.74) is 1.36. The fraction of sp³-hybridized carbons (Fsp3) is 0.350. The molecule has 2 aromatic heterocycles. The van der Waals surface area contributed by atoms with Gasteiger partial charge in [-0.25, -0.2) is 0 Å². The number of hydrogen-bond acceptors (Lipinski definition) is 7. The van der Waals surface area contributed by atoms with E-state index in [1.165, 1.54) is 14.8 Å². The first kappa shape index (κ1) is 22.2. The van der Waals surface area contributed by atoms with Crippen LogP contribution >= 0.6 is 0 Å². The summed E-state index contributed by atoms with van der Waals surface area (Å²) in [5, 5.41) is 6.90. The van der Waals surface area contributed by atoms with Crippen molar-refractivity contribution in [3.05, 3.63) is 60.2 Å². The van der Waals surface area contributed by atoms with Gasteiger partial charge in [0.25, 0.3) is 5.89 Å². The van der Waals surface area contributed by atoms with Crippen LogP contribution in [-0.4, -0.2) is 66.0 Å². The standard InChI is InChI=1S/C20H22F2N6O3S/c1-26-9-11-27(12-10-26)32(29,30)28(17-5-3-2-4-6-17)14-16-8-7-15(13-23-16)19-24-25-20(31-19)18(21)22/h2-8,13,18H,9-12,14H2,1H3. The van der Waals surface area contributed by atoms with Gasteiger partial charge in [0.1, 0.15) is 0 Å². The molecule has 4 rings (SSSR count). The molecule has 0 unspecified atom stereocenters. The Morgan fingerprint density at radius 2 is 1.78 bits per heavy atom. The highest BCUT2D eigenvalue weighted by Gasteiger charge is 2.32. The lowest BCUT2D eigenvalue weighted by Crippen LogP contribution is -2.52. The van der Waals surface area contributed by atoms with E-state index in [4.69, 9.17) is 4.42 Å². The van der Waals surface area contributed by atoms with E-state index in [1.54, 1.807) is 36.4 Å². The van der Waals surface area contributed by atoms with Crippen LogP contribution in [0.25, 0.3) is 11.5 Å². The molecule has 170 valence electrons. The van der Waals surface area contributed by atoms with Crippen molar-refractivity contribution >= 4 is 15.9 Å². The first-order valence-electron chi connectivity index (χ1n) is 9.93. The average Bonchev–Trinajstić information content (AvgIpc) is 3.29. The van der Waals surface area contributed by atoms with Crippen molar-refractivity contribution in [2.45, 2.75) is 13.0 Å². The summed E-state index contributed by atoms with van der Waals surface area (Å²) in [6.07, 6.45) is -1.47. The number of hydrogen-bond donors (Lipinski definition) is 0. The summed E-state index contributed by atoms with van der Waals surface area (Å²) >= 11 is 0. The number of likely N-dealkylation sites (N-methyl/N-ethyl adjacent to an activating group) is 1. The summed E-state index contributed by atoms with van der Waals surface area (Å²) < 4.78 is 60.0. The molecule has 9 nitrogen and oxygen atoms in total. The molecule has 0 spiro atoms. The molecule has 1 aromatic carbocycles. The van der Waals surface area contributed by atoms with Crippen LogP contribution in [0, 0.1) is 0 Å². The van der Waals surface area contributed by atoms with Crippen LogP contribution in [0.4, 0.5) is 14.5 Å². The zero-order chi connectivity index (χ0) is 22.7. The molecule has 0 saturated carbocycles. The predicted molar refractivity (Wildman–Crippen MR) is 113 cm³/mol. The molecule has 0 N–H and O–H groups in total. The molecular formula is C20H22F2N6O3S. The molecule has 0 aliphatic carbocycles. The van der Waals surface area contributed by atoms with E-state index in [1.807, 2.05) is 13.1 Å². The SMILES string of the molecule is CN1CCN(S(=O)(=O)N(Cc2ccc(-c3nnc(C(F)F)o3)cn2)c2ccccc2)CC1. The second kappa shape index (κ2) is 9.27. The van der Waals surface area contributed by atoms with Crippen molar-refractivity contribution < 1.29 is 21.6 Å². The molecule has 1 saturated heterocycles. The smallest absolute Gasteiger partial charge is 0.314 e. The molecule has 0 radical (unpaired) electrons. The highest BCUT2D eigenvalue weighted by molar-refractivity contribution is 7.90. The molecule has 3 aromatic rings. The third-order valence-electron chi connectivity index (χ3n) is 5.12. The largest absolute Gasteiger partial charge is 0.415 e. The number of anilines is 1. The molecule has 0 atom stereocenters. The number of pyridine rings is 1. The van der Waals surface area contributed by atoms with Crippen LogP contribution in [0.1, 0.15) is 18.0 Å². The maximum Gasteiger partial charge on any atom is 0.314 e. The summed E-state index contributed by atoms with van der Waals surface area (Å²) in [4.78, 5) is 6.38. The molecule has 12 heteroatoms. The van der Waals surface area contributed by atoms with Crippen LogP contribution in [0.2, 0.25) is 0 Å². The molecule has 0 bridgehead atoms. The van der Waals surface area contributed by atoms with E-state index in [-0.39, 0.29) is 12.4 Å². The van der Waals surface area contributed by atoms with Crippen molar-refractivity contribution in [2.24, 2.45) is 0 Å². The summed E-state index contributed by atoms with van der Waals surface area (Å²) in [5.74, 6) is -0.845. The van der Waals surface area contributed by atoms with Crippen molar-refractivity contribution in [1.29, 1.82) is 0 Å². The van der Waals surface area contributed by atoms with E-state index in [0.717, 1.165) is 0 Å². The number of alkyl halides is 2. The van der Waals surface area contributed by atoms with E-state index in [0.29, 0.717) is 43.1 Å². The van der Waals surface area contributed by atoms with Gasteiger partial charge in [-0.2, -0.15) is 21.5 Å². The van der Waals surface area contributed by atoms with Gasteiger partial charge in [-0.3, -0.25) is 9.29 Å². The van der Waals surface area contributed by atoms with Gasteiger partial charge in [-0.15, -0.1) is 10.2 Å². The first-order chi connectivity index (χ1) is 15.3. The summed E-state index contributed by atoms with van der Waals surface area (Å²) in [6.45, 7) is 2.11. The van der Waals surface area contributed by atoms with Crippen molar-refractivity contribution in [3.8, 4) is 11.5 Å². The third kappa shape index (κ3) is 4.76. The van der Waals surface area contributed by atoms with Gasteiger partial charge < -0.3 is 9.32 Å². The zero-order valence-electron chi connectivity index (χ0n) is 17.3. The normalized spacial score (nSPS) is 15.9. The van der Waals surface area contributed by atoms with Gasteiger partial charge in [-0.05, 0) is 31.3 Å². The van der Waals surface area contributed by atoms with Crippen LogP contribution in [0.5, 0.6) is 0 Å². The second-order valence-corrected chi connectivity index (χ2v) is 9.19. The molecule has 32 heavy (non-hydrogen) atoms. The second-order valence-electron chi connectivity index (χ2n) is 7.34. The topological polar surface area (TPSA) is 95.7 Å². The van der Waals surface area contributed by atoms with Crippen molar-refractivity contribution in [2.75, 3.05) is 37.5 Å². The van der Waals surface area contributed by atoms with Crippen LogP contribution in [-0.2, 0) is 16.8 Å². The highest BCUT2D eigenvalue weighted by Crippen LogP contribution is 2.25. The maximum absolute atomic E-state index is 13.5. The van der Waals surface area contributed by atoms with Gasteiger partial charge in [0.2, 0.25) is 5.89 Å². The fourth-order valence-electron chi connectivity index (χ4n) is 3.29. The zero-order valence-corrected chi connectivity index (χ0v) is 18.1. The minimum atomic E-state index is -3.79.